The number of aromatic nitrogens is 1. The van der Waals surface area contributed by atoms with E-state index in [1.165, 1.54) is 21.6 Å². The van der Waals surface area contributed by atoms with Crippen LogP contribution in [0, 0.1) is 13.8 Å². The summed E-state index contributed by atoms with van der Waals surface area (Å²) in [7, 11) is 2.02. The van der Waals surface area contributed by atoms with Gasteiger partial charge in [-0.3, -0.25) is 4.98 Å². The van der Waals surface area contributed by atoms with Crippen LogP contribution in [0.15, 0.2) is 29.9 Å². The first kappa shape index (κ1) is 12.3. The molecule has 0 spiro atoms. The molecule has 1 aromatic carbocycles. The minimum Gasteiger partial charge on any atom is -0.313 e. The monoisotopic (exact) mass is 246 g/mol. The Morgan fingerprint density at radius 1 is 1.35 bits per heavy atom. The molecule has 0 aliphatic rings. The molecule has 1 atom stereocenters. The van der Waals surface area contributed by atoms with E-state index in [-0.39, 0.29) is 0 Å². The van der Waals surface area contributed by atoms with E-state index in [1.54, 1.807) is 11.3 Å². The molecule has 0 fully saturated rings. The van der Waals surface area contributed by atoms with Gasteiger partial charge in [-0.2, -0.15) is 0 Å². The van der Waals surface area contributed by atoms with Crippen molar-refractivity contribution in [2.75, 3.05) is 7.05 Å². The highest BCUT2D eigenvalue weighted by Crippen LogP contribution is 2.24. The van der Waals surface area contributed by atoms with E-state index in [2.05, 4.69) is 42.3 Å². The fourth-order valence-electron chi connectivity index (χ4n) is 2.06. The van der Waals surface area contributed by atoms with E-state index in [0.29, 0.717) is 6.04 Å². The average Bonchev–Trinajstić information content (AvgIpc) is 2.83. The molecule has 1 aromatic heterocycles. The fourth-order valence-corrected chi connectivity index (χ4v) is 2.70. The number of nitrogens with one attached hydrogen (secondary N) is 1. The number of hydrogen-bond acceptors (Lipinski definition) is 3. The number of thiazole rings is 1. The summed E-state index contributed by atoms with van der Waals surface area (Å²) < 4.78 is 0. The van der Waals surface area contributed by atoms with Gasteiger partial charge in [0.25, 0.3) is 0 Å². The number of benzene rings is 1. The van der Waals surface area contributed by atoms with E-state index < -0.39 is 0 Å². The lowest BCUT2D eigenvalue weighted by atomic mass is 9.95. The zero-order chi connectivity index (χ0) is 12.3. The highest BCUT2D eigenvalue weighted by molar-refractivity contribution is 7.09. The Balaban J connectivity index is 2.26. The van der Waals surface area contributed by atoms with Crippen LogP contribution in [-0.2, 0) is 6.42 Å². The highest BCUT2D eigenvalue weighted by atomic mass is 32.1. The van der Waals surface area contributed by atoms with Gasteiger partial charge in [0, 0.05) is 23.5 Å². The van der Waals surface area contributed by atoms with Gasteiger partial charge in [-0.25, -0.2) is 0 Å². The summed E-state index contributed by atoms with van der Waals surface area (Å²) in [6, 6.07) is 6.88. The summed E-state index contributed by atoms with van der Waals surface area (Å²) >= 11 is 1.72. The predicted molar refractivity (Wildman–Crippen MR) is 73.5 cm³/mol. The summed E-state index contributed by atoms with van der Waals surface area (Å²) in [6.45, 7) is 4.36. The molecule has 0 aliphatic heterocycles. The first-order valence-electron chi connectivity index (χ1n) is 5.83. The van der Waals surface area contributed by atoms with Crippen LogP contribution in [-0.4, -0.2) is 12.0 Å². The molecule has 0 bridgehead atoms. The molecule has 0 saturated carbocycles. The molecular formula is C14H18N2S. The first-order valence-corrected chi connectivity index (χ1v) is 6.71. The van der Waals surface area contributed by atoms with Crippen molar-refractivity contribution in [3.05, 3.63) is 51.5 Å². The number of hydrogen-bond donors (Lipinski definition) is 1. The number of likely N-dealkylation sites (N-methyl/N-ethyl adjacent to an activating group) is 1. The van der Waals surface area contributed by atoms with E-state index in [0.717, 1.165) is 6.42 Å². The predicted octanol–water partition coefficient (Wildman–Crippen LogP) is 3.26. The molecule has 3 heteroatoms. The molecule has 1 heterocycles. The Morgan fingerprint density at radius 2 is 2.18 bits per heavy atom. The second kappa shape index (κ2) is 5.43. The van der Waals surface area contributed by atoms with Gasteiger partial charge in [0.1, 0.15) is 0 Å². The molecular weight excluding hydrogens is 228 g/mol. The first-order chi connectivity index (χ1) is 8.22. The van der Waals surface area contributed by atoms with Crippen molar-refractivity contribution in [3.63, 3.8) is 0 Å². The minimum absolute atomic E-state index is 0.371. The zero-order valence-corrected chi connectivity index (χ0v) is 11.3. The maximum absolute atomic E-state index is 4.13. The smallest absolute Gasteiger partial charge is 0.0794 e. The van der Waals surface area contributed by atoms with Crippen molar-refractivity contribution in [2.45, 2.75) is 26.3 Å². The third-order valence-electron chi connectivity index (χ3n) is 3.26. The quantitative estimate of drug-likeness (QED) is 0.895. The van der Waals surface area contributed by atoms with Crippen LogP contribution in [0.25, 0.3) is 0 Å². The Labute approximate surface area is 107 Å². The van der Waals surface area contributed by atoms with Crippen LogP contribution >= 0.6 is 11.3 Å². The summed E-state index contributed by atoms with van der Waals surface area (Å²) in [5.41, 5.74) is 6.02. The summed E-state index contributed by atoms with van der Waals surface area (Å²) in [6.07, 6.45) is 2.96. The summed E-state index contributed by atoms with van der Waals surface area (Å²) in [5, 5.41) is 3.40. The van der Waals surface area contributed by atoms with Gasteiger partial charge in [0.2, 0.25) is 0 Å². The van der Waals surface area contributed by atoms with E-state index >= 15 is 0 Å². The molecule has 2 rings (SSSR count). The van der Waals surface area contributed by atoms with Crippen molar-refractivity contribution >= 4 is 11.3 Å². The Morgan fingerprint density at radius 3 is 2.82 bits per heavy atom. The molecule has 17 heavy (non-hydrogen) atoms. The van der Waals surface area contributed by atoms with Crippen molar-refractivity contribution in [1.82, 2.24) is 10.3 Å². The van der Waals surface area contributed by atoms with E-state index in [9.17, 15) is 0 Å². The van der Waals surface area contributed by atoms with Crippen LogP contribution in [0.5, 0.6) is 0 Å². The van der Waals surface area contributed by atoms with Crippen molar-refractivity contribution < 1.29 is 0 Å². The second-order valence-corrected chi connectivity index (χ2v) is 5.27. The Bertz CT molecular complexity index is 477. The zero-order valence-electron chi connectivity index (χ0n) is 10.5. The van der Waals surface area contributed by atoms with Crippen molar-refractivity contribution in [3.8, 4) is 0 Å². The van der Waals surface area contributed by atoms with Crippen molar-refractivity contribution in [1.29, 1.82) is 0 Å². The molecule has 0 saturated heterocycles. The third kappa shape index (κ3) is 2.73. The van der Waals surface area contributed by atoms with Gasteiger partial charge < -0.3 is 5.32 Å². The fraction of sp³-hybridized carbons (Fsp3) is 0.357. The van der Waals surface area contributed by atoms with Crippen LogP contribution in [0.4, 0.5) is 0 Å². The van der Waals surface area contributed by atoms with Crippen LogP contribution in [0.1, 0.15) is 27.6 Å². The maximum Gasteiger partial charge on any atom is 0.0794 e. The molecule has 0 radical (unpaired) electrons. The number of aryl methyl sites for hydroxylation is 1. The average molecular weight is 246 g/mol. The molecule has 0 aliphatic carbocycles. The summed E-state index contributed by atoms with van der Waals surface area (Å²) in [5.74, 6) is 0. The summed E-state index contributed by atoms with van der Waals surface area (Å²) in [4.78, 5) is 5.46. The van der Waals surface area contributed by atoms with Gasteiger partial charge in [-0.1, -0.05) is 18.2 Å². The van der Waals surface area contributed by atoms with Gasteiger partial charge in [-0.15, -0.1) is 11.3 Å². The van der Waals surface area contributed by atoms with E-state index in [4.69, 9.17) is 0 Å². The van der Waals surface area contributed by atoms with Gasteiger partial charge in [0.05, 0.1) is 5.51 Å². The minimum atomic E-state index is 0.371. The molecule has 1 N–H and O–H groups in total. The van der Waals surface area contributed by atoms with Crippen LogP contribution < -0.4 is 5.32 Å². The standard InChI is InChI=1S/C14H18N2S/c1-10-5-4-6-13(11(10)2)14(15-3)7-12-8-16-9-17-12/h4-6,8-9,14-15H,7H2,1-3H3. The van der Waals surface area contributed by atoms with Gasteiger partial charge in [-0.05, 0) is 37.6 Å². The SMILES string of the molecule is CNC(Cc1cncs1)c1cccc(C)c1C. The molecule has 1 unspecified atom stereocenters. The number of nitrogens with zero attached hydrogens (tertiary/aromatic N) is 1. The van der Waals surface area contributed by atoms with E-state index in [1.807, 2.05) is 18.8 Å². The lowest BCUT2D eigenvalue weighted by Gasteiger charge is -2.19. The lowest BCUT2D eigenvalue weighted by Crippen LogP contribution is -2.19. The molecule has 2 aromatic rings. The third-order valence-corrected chi connectivity index (χ3v) is 4.06. The Hall–Kier alpha value is -1.19. The van der Waals surface area contributed by atoms with Gasteiger partial charge >= 0.3 is 0 Å². The van der Waals surface area contributed by atoms with Crippen LogP contribution in [0.2, 0.25) is 0 Å². The molecule has 0 amide bonds. The van der Waals surface area contributed by atoms with Crippen LogP contribution in [0.3, 0.4) is 0 Å². The normalized spacial score (nSPS) is 12.6. The highest BCUT2D eigenvalue weighted by Gasteiger charge is 2.13. The maximum atomic E-state index is 4.13. The van der Waals surface area contributed by atoms with Gasteiger partial charge in [0.15, 0.2) is 0 Å². The second-order valence-electron chi connectivity index (χ2n) is 4.30. The lowest BCUT2D eigenvalue weighted by molar-refractivity contribution is 0.592. The van der Waals surface area contributed by atoms with Crippen molar-refractivity contribution in [2.24, 2.45) is 0 Å². The largest absolute Gasteiger partial charge is 0.313 e. The Kier molecular flexibility index (Phi) is 3.92. The topological polar surface area (TPSA) is 24.9 Å². The number of rotatable bonds is 4. The molecule has 90 valence electrons. The molecule has 2 nitrogen and oxygen atoms in total.